The van der Waals surface area contributed by atoms with Crippen molar-refractivity contribution in [3.8, 4) is 5.75 Å². The Hall–Kier alpha value is -3.02. The van der Waals surface area contributed by atoms with Gasteiger partial charge in [-0.2, -0.15) is 0 Å². The number of benzene rings is 2. The first-order chi connectivity index (χ1) is 13.4. The highest BCUT2D eigenvalue weighted by molar-refractivity contribution is 5.98. The molecular weight excluding hydrogens is 354 g/mol. The standard InChI is InChI=1S/C22H27N3O3/c1-14-7-10-20(28-4)18(12-14)24-22(27)16(3)23-17-8-9-19(15(2)13-17)25-11-5-6-21(25)26/h7-10,12-13,16,23H,5-6,11H2,1-4H3,(H,24,27). The Morgan fingerprint density at radius 2 is 1.96 bits per heavy atom. The Morgan fingerprint density at radius 1 is 1.18 bits per heavy atom. The van der Waals surface area contributed by atoms with E-state index in [9.17, 15) is 9.59 Å². The van der Waals surface area contributed by atoms with Gasteiger partial charge >= 0.3 is 0 Å². The fraction of sp³-hybridized carbons (Fsp3) is 0.364. The van der Waals surface area contributed by atoms with E-state index in [1.165, 1.54) is 0 Å². The molecule has 1 heterocycles. The number of amides is 2. The maximum Gasteiger partial charge on any atom is 0.246 e. The van der Waals surface area contributed by atoms with Gasteiger partial charge in [-0.15, -0.1) is 0 Å². The molecule has 6 heteroatoms. The fourth-order valence-electron chi connectivity index (χ4n) is 3.43. The van der Waals surface area contributed by atoms with Crippen LogP contribution in [-0.4, -0.2) is 31.5 Å². The molecule has 2 aromatic carbocycles. The zero-order chi connectivity index (χ0) is 20.3. The minimum Gasteiger partial charge on any atom is -0.495 e. The van der Waals surface area contributed by atoms with Gasteiger partial charge in [0.05, 0.1) is 12.8 Å². The van der Waals surface area contributed by atoms with Crippen LogP contribution in [0.5, 0.6) is 5.75 Å². The van der Waals surface area contributed by atoms with Crippen LogP contribution in [0.2, 0.25) is 0 Å². The molecule has 0 bridgehead atoms. The molecule has 2 N–H and O–H groups in total. The molecule has 1 fully saturated rings. The van der Waals surface area contributed by atoms with Crippen molar-refractivity contribution in [2.24, 2.45) is 0 Å². The molecule has 0 radical (unpaired) electrons. The monoisotopic (exact) mass is 381 g/mol. The third-order valence-electron chi connectivity index (χ3n) is 4.95. The smallest absolute Gasteiger partial charge is 0.246 e. The summed E-state index contributed by atoms with van der Waals surface area (Å²) < 4.78 is 5.32. The van der Waals surface area contributed by atoms with Gasteiger partial charge in [0.2, 0.25) is 11.8 Å². The summed E-state index contributed by atoms with van der Waals surface area (Å²) in [6, 6.07) is 11.0. The third kappa shape index (κ3) is 4.27. The highest BCUT2D eigenvalue weighted by Gasteiger charge is 2.23. The van der Waals surface area contributed by atoms with Gasteiger partial charge in [-0.05, 0) is 68.7 Å². The van der Waals surface area contributed by atoms with E-state index in [1.54, 1.807) is 7.11 Å². The number of rotatable bonds is 6. The van der Waals surface area contributed by atoms with Crippen molar-refractivity contribution in [2.45, 2.75) is 39.7 Å². The van der Waals surface area contributed by atoms with Crippen molar-refractivity contribution in [3.05, 3.63) is 47.5 Å². The van der Waals surface area contributed by atoms with Crippen LogP contribution in [0.4, 0.5) is 17.1 Å². The van der Waals surface area contributed by atoms with Crippen LogP contribution in [-0.2, 0) is 9.59 Å². The average molecular weight is 381 g/mol. The molecule has 2 aromatic rings. The van der Waals surface area contributed by atoms with Crippen LogP contribution in [0.25, 0.3) is 0 Å². The molecule has 0 spiro atoms. The highest BCUT2D eigenvalue weighted by atomic mass is 16.5. The molecule has 2 amide bonds. The lowest BCUT2D eigenvalue weighted by atomic mass is 10.1. The SMILES string of the molecule is COc1ccc(C)cc1NC(=O)C(C)Nc1ccc(N2CCCC2=O)c(C)c1. The first-order valence-electron chi connectivity index (χ1n) is 9.52. The summed E-state index contributed by atoms with van der Waals surface area (Å²) in [6.45, 7) is 6.52. The molecule has 6 nitrogen and oxygen atoms in total. The lowest BCUT2D eigenvalue weighted by Crippen LogP contribution is -2.32. The molecule has 0 saturated carbocycles. The molecule has 0 aromatic heterocycles. The topological polar surface area (TPSA) is 70.7 Å². The minimum atomic E-state index is -0.441. The summed E-state index contributed by atoms with van der Waals surface area (Å²) in [6.07, 6.45) is 1.51. The zero-order valence-electron chi connectivity index (χ0n) is 16.8. The lowest BCUT2D eigenvalue weighted by molar-refractivity contribution is -0.117. The lowest BCUT2D eigenvalue weighted by Gasteiger charge is -2.21. The number of ether oxygens (including phenoxy) is 1. The first kappa shape index (κ1) is 19.7. The molecule has 28 heavy (non-hydrogen) atoms. The van der Waals surface area contributed by atoms with Crippen molar-refractivity contribution >= 4 is 28.9 Å². The summed E-state index contributed by atoms with van der Waals surface area (Å²) in [5.41, 5.74) is 4.48. The molecule has 0 aliphatic carbocycles. The molecule has 1 atom stereocenters. The van der Waals surface area contributed by atoms with E-state index < -0.39 is 6.04 Å². The Labute approximate surface area is 165 Å². The van der Waals surface area contributed by atoms with Crippen LogP contribution in [0.3, 0.4) is 0 Å². The number of carbonyl (C=O) groups excluding carboxylic acids is 2. The van der Waals surface area contributed by atoms with Crippen LogP contribution in [0.1, 0.15) is 30.9 Å². The van der Waals surface area contributed by atoms with Crippen LogP contribution in [0, 0.1) is 13.8 Å². The largest absolute Gasteiger partial charge is 0.495 e. The molecule has 1 aliphatic heterocycles. The summed E-state index contributed by atoms with van der Waals surface area (Å²) in [5, 5.41) is 6.15. The van der Waals surface area contributed by atoms with Crippen molar-refractivity contribution in [3.63, 3.8) is 0 Å². The second-order valence-corrected chi connectivity index (χ2v) is 7.21. The molecule has 148 valence electrons. The fourth-order valence-corrected chi connectivity index (χ4v) is 3.43. The number of nitrogens with zero attached hydrogens (tertiary/aromatic N) is 1. The zero-order valence-corrected chi connectivity index (χ0v) is 16.8. The Kier molecular flexibility index (Phi) is 5.87. The van der Waals surface area contributed by atoms with Gasteiger partial charge < -0.3 is 20.3 Å². The number of hydrogen-bond donors (Lipinski definition) is 2. The summed E-state index contributed by atoms with van der Waals surface area (Å²) in [7, 11) is 1.58. The predicted molar refractivity (Wildman–Crippen MR) is 112 cm³/mol. The quantitative estimate of drug-likeness (QED) is 0.797. The first-order valence-corrected chi connectivity index (χ1v) is 9.52. The van der Waals surface area contributed by atoms with E-state index in [-0.39, 0.29) is 11.8 Å². The predicted octanol–water partition coefficient (Wildman–Crippen LogP) is 3.88. The molecular formula is C22H27N3O3. The van der Waals surface area contributed by atoms with E-state index >= 15 is 0 Å². The number of methoxy groups -OCH3 is 1. The Bertz CT molecular complexity index is 895. The molecule has 3 rings (SSSR count). The van der Waals surface area contributed by atoms with Gasteiger partial charge in [0.15, 0.2) is 0 Å². The molecule has 1 unspecified atom stereocenters. The number of aryl methyl sites for hydroxylation is 2. The highest BCUT2D eigenvalue weighted by Crippen LogP contribution is 2.28. The maximum atomic E-state index is 12.6. The van der Waals surface area contributed by atoms with Crippen LogP contribution < -0.4 is 20.3 Å². The van der Waals surface area contributed by atoms with E-state index in [1.807, 2.05) is 62.1 Å². The number of carbonyl (C=O) groups is 2. The van der Waals surface area contributed by atoms with Gasteiger partial charge in [0, 0.05) is 24.3 Å². The summed E-state index contributed by atoms with van der Waals surface area (Å²) in [4.78, 5) is 26.4. The van der Waals surface area contributed by atoms with E-state index in [4.69, 9.17) is 4.74 Å². The van der Waals surface area contributed by atoms with Gasteiger partial charge in [0.1, 0.15) is 11.8 Å². The van der Waals surface area contributed by atoms with Gasteiger partial charge in [-0.1, -0.05) is 6.07 Å². The number of hydrogen-bond acceptors (Lipinski definition) is 4. The summed E-state index contributed by atoms with van der Waals surface area (Å²) >= 11 is 0. The van der Waals surface area contributed by atoms with E-state index in [0.717, 1.165) is 35.5 Å². The van der Waals surface area contributed by atoms with Crippen molar-refractivity contribution in [1.29, 1.82) is 0 Å². The van der Waals surface area contributed by atoms with Gasteiger partial charge in [-0.25, -0.2) is 0 Å². The van der Waals surface area contributed by atoms with E-state index in [0.29, 0.717) is 17.9 Å². The Balaban J connectivity index is 1.68. The molecule has 1 aliphatic rings. The average Bonchev–Trinajstić information content (AvgIpc) is 3.07. The second kappa shape index (κ2) is 8.33. The Morgan fingerprint density at radius 3 is 2.61 bits per heavy atom. The number of anilines is 3. The summed E-state index contributed by atoms with van der Waals surface area (Å²) in [5.74, 6) is 0.644. The van der Waals surface area contributed by atoms with Crippen LogP contribution in [0.15, 0.2) is 36.4 Å². The van der Waals surface area contributed by atoms with E-state index in [2.05, 4.69) is 10.6 Å². The van der Waals surface area contributed by atoms with Crippen LogP contribution >= 0.6 is 0 Å². The molecule has 1 saturated heterocycles. The second-order valence-electron chi connectivity index (χ2n) is 7.21. The van der Waals surface area contributed by atoms with Crippen molar-refractivity contribution < 1.29 is 14.3 Å². The van der Waals surface area contributed by atoms with Crippen molar-refractivity contribution in [1.82, 2.24) is 0 Å². The van der Waals surface area contributed by atoms with Gasteiger partial charge in [-0.3, -0.25) is 9.59 Å². The maximum absolute atomic E-state index is 12.6. The minimum absolute atomic E-state index is 0.152. The third-order valence-corrected chi connectivity index (χ3v) is 4.95. The normalized spacial score (nSPS) is 14.7. The number of nitrogens with one attached hydrogen (secondary N) is 2. The van der Waals surface area contributed by atoms with Crippen molar-refractivity contribution in [2.75, 3.05) is 29.2 Å². The van der Waals surface area contributed by atoms with Gasteiger partial charge in [0.25, 0.3) is 0 Å².